The molecule has 1 fully saturated rings. The Labute approximate surface area is 157 Å². The van der Waals surface area contributed by atoms with Crippen LogP contribution < -0.4 is 0 Å². The van der Waals surface area contributed by atoms with E-state index in [-0.39, 0.29) is 5.91 Å². The predicted molar refractivity (Wildman–Crippen MR) is 97.9 cm³/mol. The number of hydrogen-bond donors (Lipinski definition) is 0. The van der Waals surface area contributed by atoms with Crippen LogP contribution >= 0.6 is 0 Å². The molecule has 0 bridgehead atoms. The van der Waals surface area contributed by atoms with Gasteiger partial charge < -0.3 is 9.42 Å². The van der Waals surface area contributed by atoms with E-state index in [0.717, 1.165) is 47.8 Å². The fraction of sp³-hybridized carbons (Fsp3) is 0.421. The quantitative estimate of drug-likeness (QED) is 0.703. The second-order valence-electron chi connectivity index (χ2n) is 7.08. The van der Waals surface area contributed by atoms with E-state index >= 15 is 0 Å². The molecule has 1 aliphatic rings. The van der Waals surface area contributed by atoms with Gasteiger partial charge in [0.1, 0.15) is 11.5 Å². The highest BCUT2D eigenvalue weighted by Gasteiger charge is 2.28. The zero-order valence-electron chi connectivity index (χ0n) is 15.7. The predicted octanol–water partition coefficient (Wildman–Crippen LogP) is 2.19. The van der Waals surface area contributed by atoms with Gasteiger partial charge in [-0.15, -0.1) is 0 Å². The standard InChI is InChI=1S/C19H22N6O2/c1-12-18(13(2)27-23-12)17-10-20-9-15(21-17)8-14-4-7-25(11-14)19(26)16-5-6-24(3)22-16/h5-6,9-10,14H,4,7-8,11H2,1-3H3/t14-/m0/s1. The van der Waals surface area contributed by atoms with E-state index in [1.807, 2.05) is 25.8 Å². The zero-order chi connectivity index (χ0) is 19.0. The molecule has 27 heavy (non-hydrogen) atoms. The molecular weight excluding hydrogens is 344 g/mol. The molecule has 3 aromatic rings. The van der Waals surface area contributed by atoms with Crippen LogP contribution in [0.1, 0.15) is 34.1 Å². The number of rotatable bonds is 4. The van der Waals surface area contributed by atoms with Gasteiger partial charge in [-0.25, -0.2) is 4.98 Å². The van der Waals surface area contributed by atoms with E-state index in [1.54, 1.807) is 29.3 Å². The first kappa shape index (κ1) is 17.4. The van der Waals surface area contributed by atoms with E-state index in [4.69, 9.17) is 9.51 Å². The molecule has 0 aliphatic carbocycles. The van der Waals surface area contributed by atoms with Gasteiger partial charge in [0.15, 0.2) is 0 Å². The van der Waals surface area contributed by atoms with Crippen LogP contribution in [0.5, 0.6) is 0 Å². The second kappa shape index (κ2) is 6.94. The van der Waals surface area contributed by atoms with Crippen molar-refractivity contribution in [3.05, 3.63) is 47.5 Å². The number of carbonyl (C=O) groups is 1. The highest BCUT2D eigenvalue weighted by atomic mass is 16.5. The number of amides is 1. The Morgan fingerprint density at radius 1 is 1.33 bits per heavy atom. The first-order valence-electron chi connectivity index (χ1n) is 9.04. The molecule has 0 aromatic carbocycles. The van der Waals surface area contributed by atoms with Gasteiger partial charge >= 0.3 is 0 Å². The second-order valence-corrected chi connectivity index (χ2v) is 7.08. The van der Waals surface area contributed by atoms with Gasteiger partial charge in [-0.2, -0.15) is 5.10 Å². The van der Waals surface area contributed by atoms with Gasteiger partial charge in [0, 0.05) is 32.5 Å². The van der Waals surface area contributed by atoms with Gasteiger partial charge in [-0.1, -0.05) is 5.16 Å². The topological polar surface area (TPSA) is 89.9 Å². The van der Waals surface area contributed by atoms with Crippen LogP contribution in [0, 0.1) is 19.8 Å². The Bertz CT molecular complexity index is 957. The molecule has 0 spiro atoms. The van der Waals surface area contributed by atoms with Crippen molar-refractivity contribution >= 4 is 5.91 Å². The van der Waals surface area contributed by atoms with Crippen LogP contribution in [0.4, 0.5) is 0 Å². The summed E-state index contributed by atoms with van der Waals surface area (Å²) >= 11 is 0. The maximum atomic E-state index is 12.5. The summed E-state index contributed by atoms with van der Waals surface area (Å²) in [5.41, 5.74) is 3.92. The maximum Gasteiger partial charge on any atom is 0.274 e. The molecule has 3 aromatic heterocycles. The van der Waals surface area contributed by atoms with Gasteiger partial charge in [0.2, 0.25) is 0 Å². The molecule has 8 nitrogen and oxygen atoms in total. The molecule has 0 N–H and O–H groups in total. The smallest absolute Gasteiger partial charge is 0.274 e. The van der Waals surface area contributed by atoms with E-state index in [0.29, 0.717) is 18.2 Å². The lowest BCUT2D eigenvalue weighted by Crippen LogP contribution is -2.29. The van der Waals surface area contributed by atoms with Crippen LogP contribution in [0.15, 0.2) is 29.2 Å². The van der Waals surface area contributed by atoms with Gasteiger partial charge in [0.05, 0.1) is 28.8 Å². The molecule has 1 saturated heterocycles. The summed E-state index contributed by atoms with van der Waals surface area (Å²) in [6.45, 7) is 5.24. The lowest BCUT2D eigenvalue weighted by molar-refractivity contribution is 0.0780. The average Bonchev–Trinajstić information content (AvgIpc) is 3.36. The normalized spacial score (nSPS) is 16.9. The van der Waals surface area contributed by atoms with Crippen molar-refractivity contribution in [1.82, 2.24) is 29.8 Å². The number of hydrogen-bond acceptors (Lipinski definition) is 6. The Hall–Kier alpha value is -3.03. The molecule has 1 aliphatic heterocycles. The third kappa shape index (κ3) is 3.47. The number of likely N-dealkylation sites (tertiary alicyclic amines) is 1. The number of aromatic nitrogens is 5. The van der Waals surface area contributed by atoms with Crippen molar-refractivity contribution in [2.24, 2.45) is 13.0 Å². The molecule has 140 valence electrons. The number of aryl methyl sites for hydroxylation is 3. The van der Waals surface area contributed by atoms with Crippen LogP contribution in [0.25, 0.3) is 11.3 Å². The Morgan fingerprint density at radius 3 is 2.89 bits per heavy atom. The minimum Gasteiger partial charge on any atom is -0.361 e. The van der Waals surface area contributed by atoms with Crippen molar-refractivity contribution in [2.45, 2.75) is 26.7 Å². The third-order valence-corrected chi connectivity index (χ3v) is 4.98. The van der Waals surface area contributed by atoms with Crippen molar-refractivity contribution < 1.29 is 9.32 Å². The monoisotopic (exact) mass is 366 g/mol. The maximum absolute atomic E-state index is 12.5. The van der Waals surface area contributed by atoms with Gasteiger partial charge in [-0.05, 0) is 38.7 Å². The highest BCUT2D eigenvalue weighted by molar-refractivity contribution is 5.92. The fourth-order valence-electron chi connectivity index (χ4n) is 3.64. The highest BCUT2D eigenvalue weighted by Crippen LogP contribution is 2.26. The van der Waals surface area contributed by atoms with E-state index in [1.165, 1.54) is 0 Å². The summed E-state index contributed by atoms with van der Waals surface area (Å²) in [5, 5.41) is 8.20. The first-order valence-corrected chi connectivity index (χ1v) is 9.04. The Morgan fingerprint density at radius 2 is 2.19 bits per heavy atom. The van der Waals surface area contributed by atoms with Crippen molar-refractivity contribution in [2.75, 3.05) is 13.1 Å². The first-order chi connectivity index (χ1) is 13.0. The molecule has 0 radical (unpaired) electrons. The van der Waals surface area contributed by atoms with E-state index in [9.17, 15) is 4.79 Å². The zero-order valence-corrected chi connectivity index (χ0v) is 15.7. The van der Waals surface area contributed by atoms with Crippen LogP contribution in [0.2, 0.25) is 0 Å². The number of carbonyl (C=O) groups excluding carboxylic acids is 1. The summed E-state index contributed by atoms with van der Waals surface area (Å²) in [4.78, 5) is 23.5. The minimum atomic E-state index is -0.00587. The largest absolute Gasteiger partial charge is 0.361 e. The van der Waals surface area contributed by atoms with Crippen molar-refractivity contribution in [1.29, 1.82) is 0 Å². The van der Waals surface area contributed by atoms with E-state index in [2.05, 4.69) is 15.2 Å². The van der Waals surface area contributed by atoms with E-state index < -0.39 is 0 Å². The summed E-state index contributed by atoms with van der Waals surface area (Å²) in [5.74, 6) is 1.10. The molecular formula is C19H22N6O2. The Balaban J connectivity index is 1.45. The van der Waals surface area contributed by atoms with Crippen molar-refractivity contribution in [3.8, 4) is 11.3 Å². The molecule has 4 rings (SSSR count). The Kier molecular flexibility index (Phi) is 4.47. The molecule has 0 saturated carbocycles. The third-order valence-electron chi connectivity index (χ3n) is 4.98. The van der Waals surface area contributed by atoms with Crippen LogP contribution in [0.3, 0.4) is 0 Å². The minimum absolute atomic E-state index is 0.00587. The lowest BCUT2D eigenvalue weighted by Gasteiger charge is -2.15. The lowest BCUT2D eigenvalue weighted by atomic mass is 10.0. The molecule has 4 heterocycles. The summed E-state index contributed by atoms with van der Waals surface area (Å²) in [7, 11) is 1.81. The summed E-state index contributed by atoms with van der Waals surface area (Å²) in [6, 6.07) is 1.76. The number of nitrogens with zero attached hydrogens (tertiary/aromatic N) is 6. The van der Waals surface area contributed by atoms with Crippen molar-refractivity contribution in [3.63, 3.8) is 0 Å². The van der Waals surface area contributed by atoms with Crippen LogP contribution in [-0.2, 0) is 13.5 Å². The van der Waals surface area contributed by atoms with Gasteiger partial charge in [-0.3, -0.25) is 14.5 Å². The summed E-state index contributed by atoms with van der Waals surface area (Å²) < 4.78 is 6.89. The van der Waals surface area contributed by atoms with Gasteiger partial charge in [0.25, 0.3) is 5.91 Å². The molecule has 1 atom stereocenters. The molecule has 0 unspecified atom stereocenters. The summed E-state index contributed by atoms with van der Waals surface area (Å²) in [6.07, 6.45) is 7.06. The SMILES string of the molecule is Cc1noc(C)c1-c1cncc(C[C@@H]2CCN(C(=O)c3ccn(C)n3)C2)n1. The van der Waals surface area contributed by atoms with Crippen LogP contribution in [-0.4, -0.2) is 48.8 Å². The average molecular weight is 366 g/mol. The fourth-order valence-corrected chi connectivity index (χ4v) is 3.64. The molecule has 8 heteroatoms. The molecule has 1 amide bonds.